The average molecular weight is 394 g/mol. The quantitative estimate of drug-likeness (QED) is 0.814. The zero-order valence-electron chi connectivity index (χ0n) is 15.2. The monoisotopic (exact) mass is 394 g/mol. The van der Waals surface area contributed by atoms with Gasteiger partial charge in [0.05, 0.1) is 18.8 Å². The van der Waals surface area contributed by atoms with Crippen LogP contribution in [0.15, 0.2) is 48.5 Å². The number of benzene rings is 2. The summed E-state index contributed by atoms with van der Waals surface area (Å²) in [7, 11) is 0. The van der Waals surface area contributed by atoms with Crippen LogP contribution in [0, 0.1) is 0 Å². The van der Waals surface area contributed by atoms with E-state index in [1.165, 1.54) is 12.1 Å². The minimum Gasteiger partial charge on any atom is -0.484 e. The average Bonchev–Trinajstić information content (AvgIpc) is 2.68. The van der Waals surface area contributed by atoms with Gasteiger partial charge in [0.1, 0.15) is 5.75 Å². The van der Waals surface area contributed by atoms with E-state index in [1.54, 1.807) is 0 Å². The van der Waals surface area contributed by atoms with Gasteiger partial charge in [0.25, 0.3) is 5.91 Å². The molecule has 0 radical (unpaired) electrons. The van der Waals surface area contributed by atoms with Gasteiger partial charge in [-0.25, -0.2) is 0 Å². The van der Waals surface area contributed by atoms with Gasteiger partial charge >= 0.3 is 6.18 Å². The lowest BCUT2D eigenvalue weighted by atomic mass is 10.2. The molecule has 0 atom stereocenters. The van der Waals surface area contributed by atoms with Crippen molar-refractivity contribution < 1.29 is 27.4 Å². The summed E-state index contributed by atoms with van der Waals surface area (Å²) >= 11 is 0. The molecule has 0 aliphatic carbocycles. The second kappa shape index (κ2) is 9.07. The molecule has 1 aliphatic rings. The lowest BCUT2D eigenvalue weighted by Crippen LogP contribution is -2.35. The van der Waals surface area contributed by atoms with Crippen molar-refractivity contribution in [3.63, 3.8) is 0 Å². The van der Waals surface area contributed by atoms with Gasteiger partial charge in [0.2, 0.25) is 0 Å². The molecule has 0 bridgehead atoms. The van der Waals surface area contributed by atoms with Crippen LogP contribution in [0.25, 0.3) is 0 Å². The molecule has 1 N–H and O–H groups in total. The molecule has 2 aromatic rings. The van der Waals surface area contributed by atoms with Crippen molar-refractivity contribution in [2.24, 2.45) is 0 Å². The van der Waals surface area contributed by atoms with E-state index in [-0.39, 0.29) is 18.3 Å². The van der Waals surface area contributed by atoms with E-state index in [1.807, 2.05) is 24.3 Å². The predicted molar refractivity (Wildman–Crippen MR) is 98.1 cm³/mol. The second-order valence-corrected chi connectivity index (χ2v) is 6.44. The van der Waals surface area contributed by atoms with Crippen molar-refractivity contribution in [3.05, 3.63) is 59.7 Å². The first-order valence-electron chi connectivity index (χ1n) is 8.89. The number of alkyl halides is 3. The maximum absolute atomic E-state index is 12.5. The second-order valence-electron chi connectivity index (χ2n) is 6.44. The molecule has 2 aromatic carbocycles. The van der Waals surface area contributed by atoms with Crippen LogP contribution in [0.4, 0.5) is 18.9 Å². The van der Waals surface area contributed by atoms with E-state index >= 15 is 0 Å². The molecular weight excluding hydrogens is 373 g/mol. The molecule has 1 aliphatic heterocycles. The number of morpholine rings is 1. The van der Waals surface area contributed by atoms with Gasteiger partial charge in [-0.05, 0) is 42.0 Å². The van der Waals surface area contributed by atoms with Crippen LogP contribution >= 0.6 is 0 Å². The van der Waals surface area contributed by atoms with Crippen molar-refractivity contribution in [1.82, 2.24) is 4.90 Å². The Bertz CT molecular complexity index is 771. The zero-order chi connectivity index (χ0) is 20.0. The molecule has 0 saturated carbocycles. The summed E-state index contributed by atoms with van der Waals surface area (Å²) in [6.07, 6.45) is -4.40. The molecule has 3 rings (SSSR count). The van der Waals surface area contributed by atoms with Crippen molar-refractivity contribution in [2.45, 2.75) is 12.7 Å². The maximum Gasteiger partial charge on any atom is 0.416 e. The lowest BCUT2D eigenvalue weighted by molar-refractivity contribution is -0.137. The number of carbonyl (C=O) groups excluding carboxylic acids is 1. The third-order valence-electron chi connectivity index (χ3n) is 4.30. The van der Waals surface area contributed by atoms with Crippen LogP contribution < -0.4 is 10.1 Å². The molecular formula is C20H21F3N2O3. The van der Waals surface area contributed by atoms with Gasteiger partial charge in [0, 0.05) is 25.3 Å². The molecule has 5 nitrogen and oxygen atoms in total. The fraction of sp³-hybridized carbons (Fsp3) is 0.350. The summed E-state index contributed by atoms with van der Waals surface area (Å²) in [6.45, 7) is 3.83. The highest BCUT2D eigenvalue weighted by Gasteiger charge is 2.30. The molecule has 0 unspecified atom stereocenters. The molecule has 0 spiro atoms. The smallest absolute Gasteiger partial charge is 0.416 e. The summed E-state index contributed by atoms with van der Waals surface area (Å²) < 4.78 is 48.1. The molecule has 1 saturated heterocycles. The zero-order valence-corrected chi connectivity index (χ0v) is 15.2. The first-order chi connectivity index (χ1) is 13.4. The van der Waals surface area contributed by atoms with Crippen LogP contribution in [-0.2, 0) is 22.3 Å². The van der Waals surface area contributed by atoms with E-state index in [4.69, 9.17) is 9.47 Å². The first kappa shape index (κ1) is 20.2. The van der Waals surface area contributed by atoms with E-state index in [0.29, 0.717) is 5.69 Å². The lowest BCUT2D eigenvalue weighted by Gasteiger charge is -2.26. The Balaban J connectivity index is 1.45. The third-order valence-corrected chi connectivity index (χ3v) is 4.30. The molecule has 1 heterocycles. The maximum atomic E-state index is 12.5. The summed E-state index contributed by atoms with van der Waals surface area (Å²) in [5, 5.41) is 2.70. The number of ether oxygens (including phenoxy) is 2. The standard InChI is InChI=1S/C20H21F3N2O3/c21-20(22,23)16-3-7-18(8-4-16)28-14-19(26)24-17-5-1-15(2-6-17)13-25-9-11-27-12-10-25/h1-8H,9-14H2,(H,24,26). The highest BCUT2D eigenvalue weighted by Crippen LogP contribution is 2.30. The number of halogens is 3. The van der Waals surface area contributed by atoms with E-state index in [2.05, 4.69) is 10.2 Å². The minimum atomic E-state index is -4.40. The number of nitrogens with zero attached hydrogens (tertiary/aromatic N) is 1. The molecule has 8 heteroatoms. The Hall–Kier alpha value is -2.58. The van der Waals surface area contributed by atoms with Crippen LogP contribution in [0.3, 0.4) is 0 Å². The van der Waals surface area contributed by atoms with Gasteiger partial charge in [0.15, 0.2) is 6.61 Å². The predicted octanol–water partition coefficient (Wildman–Crippen LogP) is 3.56. The van der Waals surface area contributed by atoms with E-state index < -0.39 is 11.7 Å². The topological polar surface area (TPSA) is 50.8 Å². The fourth-order valence-corrected chi connectivity index (χ4v) is 2.80. The number of nitrogens with one attached hydrogen (secondary N) is 1. The Kier molecular flexibility index (Phi) is 6.53. The number of anilines is 1. The fourth-order valence-electron chi connectivity index (χ4n) is 2.80. The largest absolute Gasteiger partial charge is 0.484 e. The molecule has 28 heavy (non-hydrogen) atoms. The van der Waals surface area contributed by atoms with E-state index in [9.17, 15) is 18.0 Å². The number of rotatable bonds is 6. The Morgan fingerprint density at radius 3 is 2.29 bits per heavy atom. The van der Waals surface area contributed by atoms with Gasteiger partial charge < -0.3 is 14.8 Å². The summed E-state index contributed by atoms with van der Waals surface area (Å²) in [6, 6.07) is 11.7. The van der Waals surface area contributed by atoms with Crippen LogP contribution in [0.1, 0.15) is 11.1 Å². The Morgan fingerprint density at radius 1 is 1.04 bits per heavy atom. The SMILES string of the molecule is O=C(COc1ccc(C(F)(F)F)cc1)Nc1ccc(CN2CCOCC2)cc1. The number of hydrogen-bond acceptors (Lipinski definition) is 4. The number of carbonyl (C=O) groups is 1. The van der Waals surface area contributed by atoms with Crippen LogP contribution in [-0.4, -0.2) is 43.7 Å². The molecule has 150 valence electrons. The minimum absolute atomic E-state index is 0.198. The van der Waals surface area contributed by atoms with Gasteiger partial charge in [-0.3, -0.25) is 9.69 Å². The molecule has 1 fully saturated rings. The highest BCUT2D eigenvalue weighted by atomic mass is 19.4. The summed E-state index contributed by atoms with van der Waals surface area (Å²) in [5.74, 6) is -0.190. The Morgan fingerprint density at radius 2 is 1.68 bits per heavy atom. The van der Waals surface area contributed by atoms with E-state index in [0.717, 1.165) is 50.5 Å². The first-order valence-corrected chi connectivity index (χ1v) is 8.89. The normalized spacial score (nSPS) is 15.2. The highest BCUT2D eigenvalue weighted by molar-refractivity contribution is 5.91. The summed E-state index contributed by atoms with van der Waals surface area (Å²) in [4.78, 5) is 14.3. The van der Waals surface area contributed by atoms with Gasteiger partial charge in [-0.2, -0.15) is 13.2 Å². The Labute approximate surface area is 161 Å². The van der Waals surface area contributed by atoms with Crippen LogP contribution in [0.5, 0.6) is 5.75 Å². The van der Waals surface area contributed by atoms with Crippen molar-refractivity contribution in [3.8, 4) is 5.75 Å². The number of amides is 1. The molecule has 1 amide bonds. The van der Waals surface area contributed by atoms with Crippen molar-refractivity contribution in [2.75, 3.05) is 38.2 Å². The van der Waals surface area contributed by atoms with Crippen molar-refractivity contribution >= 4 is 11.6 Å². The van der Waals surface area contributed by atoms with Gasteiger partial charge in [-0.15, -0.1) is 0 Å². The third kappa shape index (κ3) is 5.97. The van der Waals surface area contributed by atoms with Crippen molar-refractivity contribution in [1.29, 1.82) is 0 Å². The summed E-state index contributed by atoms with van der Waals surface area (Å²) in [5.41, 5.74) is 1.01. The van der Waals surface area contributed by atoms with Crippen LogP contribution in [0.2, 0.25) is 0 Å². The van der Waals surface area contributed by atoms with Gasteiger partial charge in [-0.1, -0.05) is 12.1 Å². The molecule has 0 aromatic heterocycles. The number of hydrogen-bond donors (Lipinski definition) is 1.